The average molecular weight is 313 g/mol. The van der Waals surface area contributed by atoms with E-state index >= 15 is 0 Å². The fourth-order valence-electron chi connectivity index (χ4n) is 1.50. The monoisotopic (exact) mass is 313 g/mol. The fourth-order valence-corrected chi connectivity index (χ4v) is 3.44. The summed E-state index contributed by atoms with van der Waals surface area (Å²) in [4.78, 5) is 3.95. The van der Waals surface area contributed by atoms with Crippen LogP contribution in [-0.4, -0.2) is 30.1 Å². The molecule has 0 radical (unpaired) electrons. The molecule has 2 heterocycles. The van der Waals surface area contributed by atoms with Crippen LogP contribution in [0.25, 0.3) is 0 Å². The molecule has 7 nitrogen and oxygen atoms in total. The van der Waals surface area contributed by atoms with Crippen molar-refractivity contribution < 1.29 is 8.42 Å². The van der Waals surface area contributed by atoms with Crippen molar-refractivity contribution in [2.45, 2.75) is 25.3 Å². The van der Waals surface area contributed by atoms with Gasteiger partial charge in [-0.3, -0.25) is 4.72 Å². The zero-order valence-corrected chi connectivity index (χ0v) is 12.8. The second kappa shape index (κ2) is 6.14. The predicted molar refractivity (Wildman–Crippen MR) is 78.5 cm³/mol. The molecule has 0 aliphatic heterocycles. The Kier molecular flexibility index (Phi) is 4.50. The summed E-state index contributed by atoms with van der Waals surface area (Å²) in [5, 5.41) is 11.4. The number of nitrogens with one attached hydrogen (secondary N) is 2. The third-order valence-electron chi connectivity index (χ3n) is 2.34. The largest absolute Gasteiger partial charge is 0.383 e. The van der Waals surface area contributed by atoms with Crippen molar-refractivity contribution in [1.82, 2.24) is 15.2 Å². The minimum absolute atomic E-state index is 0.0405. The van der Waals surface area contributed by atoms with E-state index in [2.05, 4.69) is 25.2 Å². The van der Waals surface area contributed by atoms with Gasteiger partial charge in [0.05, 0.1) is 5.69 Å². The van der Waals surface area contributed by atoms with Crippen LogP contribution >= 0.6 is 11.3 Å². The summed E-state index contributed by atoms with van der Waals surface area (Å²) in [6.45, 7) is 4.43. The number of hydrogen-bond acceptors (Lipinski definition) is 7. The van der Waals surface area contributed by atoms with E-state index in [1.54, 1.807) is 19.1 Å². The van der Waals surface area contributed by atoms with Crippen molar-refractivity contribution >= 4 is 32.2 Å². The van der Waals surface area contributed by atoms with E-state index < -0.39 is 10.0 Å². The topological polar surface area (TPSA) is 96.9 Å². The van der Waals surface area contributed by atoms with Gasteiger partial charge in [0.2, 0.25) is 5.13 Å². The molecule has 0 amide bonds. The molecule has 2 rings (SSSR count). The van der Waals surface area contributed by atoms with Gasteiger partial charge >= 0.3 is 0 Å². The summed E-state index contributed by atoms with van der Waals surface area (Å²) in [6.07, 6.45) is 2.33. The minimum Gasteiger partial charge on any atom is -0.383 e. The maximum Gasteiger partial charge on any atom is 0.283 e. The predicted octanol–water partition coefficient (Wildman–Crippen LogP) is 1.86. The molecule has 2 aromatic heterocycles. The highest BCUT2D eigenvalue weighted by molar-refractivity contribution is 7.93. The molecule has 0 saturated heterocycles. The van der Waals surface area contributed by atoms with Crippen LogP contribution in [0.15, 0.2) is 23.4 Å². The van der Waals surface area contributed by atoms with Crippen LogP contribution in [0.1, 0.15) is 18.4 Å². The zero-order chi connectivity index (χ0) is 14.6. The second-order valence-electron chi connectivity index (χ2n) is 4.01. The van der Waals surface area contributed by atoms with E-state index in [1.165, 1.54) is 17.5 Å². The molecule has 2 N–H and O–H groups in total. The lowest BCUT2D eigenvalue weighted by Crippen LogP contribution is -2.17. The molecular weight excluding hydrogens is 298 g/mol. The molecule has 2 aromatic rings. The lowest BCUT2D eigenvalue weighted by atomic mass is 10.4. The average Bonchev–Trinajstić information content (AvgIpc) is 2.81. The van der Waals surface area contributed by atoms with Crippen molar-refractivity contribution in [3.63, 3.8) is 0 Å². The first-order valence-corrected chi connectivity index (χ1v) is 8.34. The maximum absolute atomic E-state index is 12.3. The van der Waals surface area contributed by atoms with E-state index in [1.807, 2.05) is 6.92 Å². The number of pyridine rings is 1. The Bertz CT molecular complexity index is 684. The van der Waals surface area contributed by atoms with Crippen molar-refractivity contribution in [3.8, 4) is 0 Å². The quantitative estimate of drug-likeness (QED) is 0.845. The van der Waals surface area contributed by atoms with E-state index in [-0.39, 0.29) is 10.2 Å². The highest BCUT2D eigenvalue weighted by atomic mass is 32.2. The number of aromatic nitrogens is 3. The smallest absolute Gasteiger partial charge is 0.283 e. The first-order chi connectivity index (χ1) is 9.53. The number of nitrogens with zero attached hydrogens (tertiary/aromatic N) is 3. The first kappa shape index (κ1) is 14.7. The molecule has 0 aromatic carbocycles. The van der Waals surface area contributed by atoms with Gasteiger partial charge in [-0.2, -0.15) is 8.42 Å². The van der Waals surface area contributed by atoms with Crippen LogP contribution in [0.3, 0.4) is 0 Å². The Hall–Kier alpha value is -1.74. The highest BCUT2D eigenvalue weighted by Crippen LogP contribution is 2.22. The number of hydrogen-bond donors (Lipinski definition) is 2. The van der Waals surface area contributed by atoms with E-state index in [0.717, 1.165) is 6.42 Å². The molecule has 0 unspecified atom stereocenters. The SMILES string of the molecule is CCCNc1cccnc1S(=O)(=O)Nc1nnc(C)s1. The Morgan fingerprint density at radius 3 is 2.80 bits per heavy atom. The van der Waals surface area contributed by atoms with Crippen LogP contribution in [-0.2, 0) is 10.0 Å². The molecule has 9 heteroatoms. The number of anilines is 2. The number of rotatable bonds is 6. The van der Waals surface area contributed by atoms with Gasteiger partial charge in [0.15, 0.2) is 5.03 Å². The zero-order valence-electron chi connectivity index (χ0n) is 11.1. The molecule has 0 fully saturated rings. The molecule has 0 saturated carbocycles. The van der Waals surface area contributed by atoms with Crippen LogP contribution in [0.4, 0.5) is 10.8 Å². The van der Waals surface area contributed by atoms with Gasteiger partial charge in [-0.1, -0.05) is 18.3 Å². The maximum atomic E-state index is 12.3. The summed E-state index contributed by atoms with van der Waals surface area (Å²) in [6, 6.07) is 3.37. The molecular formula is C11H15N5O2S2. The van der Waals surface area contributed by atoms with E-state index in [0.29, 0.717) is 17.2 Å². The molecule has 0 atom stereocenters. The van der Waals surface area contributed by atoms with E-state index in [4.69, 9.17) is 0 Å². The van der Waals surface area contributed by atoms with Gasteiger partial charge in [0, 0.05) is 12.7 Å². The molecule has 0 spiro atoms. The van der Waals surface area contributed by atoms with Gasteiger partial charge < -0.3 is 5.32 Å². The van der Waals surface area contributed by atoms with Crippen molar-refractivity contribution in [2.24, 2.45) is 0 Å². The summed E-state index contributed by atoms with van der Waals surface area (Å²) in [7, 11) is -3.78. The van der Waals surface area contributed by atoms with Gasteiger partial charge in [-0.15, -0.1) is 10.2 Å². The van der Waals surface area contributed by atoms with Gasteiger partial charge in [-0.25, -0.2) is 4.98 Å². The number of sulfonamides is 1. The lowest BCUT2D eigenvalue weighted by molar-refractivity contribution is 0.598. The molecule has 20 heavy (non-hydrogen) atoms. The van der Waals surface area contributed by atoms with Gasteiger partial charge in [-0.05, 0) is 25.5 Å². The fraction of sp³-hybridized carbons (Fsp3) is 0.364. The Balaban J connectivity index is 2.29. The first-order valence-electron chi connectivity index (χ1n) is 6.04. The van der Waals surface area contributed by atoms with Crippen LogP contribution in [0.5, 0.6) is 0 Å². The van der Waals surface area contributed by atoms with E-state index in [9.17, 15) is 8.42 Å². The highest BCUT2D eigenvalue weighted by Gasteiger charge is 2.21. The third kappa shape index (κ3) is 3.42. The summed E-state index contributed by atoms with van der Waals surface area (Å²) in [5.74, 6) is 0. The molecule has 108 valence electrons. The van der Waals surface area contributed by atoms with Crippen LogP contribution < -0.4 is 10.0 Å². The number of aryl methyl sites for hydroxylation is 1. The summed E-state index contributed by atoms with van der Waals surface area (Å²) < 4.78 is 27.0. The Morgan fingerprint density at radius 1 is 1.35 bits per heavy atom. The second-order valence-corrected chi connectivity index (χ2v) is 6.79. The molecule has 0 aliphatic carbocycles. The standard InChI is InChI=1S/C11H15N5O2S2/c1-3-6-12-9-5-4-7-13-10(9)20(17,18)16-11-15-14-8(2)19-11/h4-5,7,12H,3,6H2,1-2H3,(H,15,16). The van der Waals surface area contributed by atoms with Crippen LogP contribution in [0, 0.1) is 6.92 Å². The van der Waals surface area contributed by atoms with Crippen molar-refractivity contribution in [2.75, 3.05) is 16.6 Å². The Labute approximate surface area is 121 Å². The minimum atomic E-state index is -3.78. The molecule has 0 aliphatic rings. The normalized spacial score (nSPS) is 11.3. The Morgan fingerprint density at radius 2 is 2.15 bits per heavy atom. The molecule has 0 bridgehead atoms. The van der Waals surface area contributed by atoms with Crippen LogP contribution in [0.2, 0.25) is 0 Å². The third-order valence-corrected chi connectivity index (χ3v) is 4.52. The summed E-state index contributed by atoms with van der Waals surface area (Å²) >= 11 is 1.17. The van der Waals surface area contributed by atoms with Crippen molar-refractivity contribution in [1.29, 1.82) is 0 Å². The lowest BCUT2D eigenvalue weighted by Gasteiger charge is -2.10. The van der Waals surface area contributed by atoms with Gasteiger partial charge in [0.1, 0.15) is 5.01 Å². The van der Waals surface area contributed by atoms with Gasteiger partial charge in [0.25, 0.3) is 10.0 Å². The summed E-state index contributed by atoms with van der Waals surface area (Å²) in [5.41, 5.74) is 0.475. The van der Waals surface area contributed by atoms with Crippen molar-refractivity contribution in [3.05, 3.63) is 23.3 Å².